The molecular weight excluding hydrogens is 344 g/mol. The summed E-state index contributed by atoms with van der Waals surface area (Å²) in [5, 5.41) is 43.2. The molecule has 0 radical (unpaired) electrons. The summed E-state index contributed by atoms with van der Waals surface area (Å²) in [4.78, 5) is 11.2. The van der Waals surface area contributed by atoms with Gasteiger partial charge in [-0.05, 0) is 51.6 Å². The van der Waals surface area contributed by atoms with Crippen LogP contribution in [0, 0.1) is 0 Å². The van der Waals surface area contributed by atoms with E-state index in [1.54, 1.807) is 0 Å². The molecule has 0 saturated carbocycles. The van der Waals surface area contributed by atoms with E-state index < -0.39 is 24.5 Å². The average molecular weight is 380 g/mol. The van der Waals surface area contributed by atoms with Crippen LogP contribution in [0.3, 0.4) is 0 Å². The summed E-state index contributed by atoms with van der Waals surface area (Å²) >= 11 is 0. The molecule has 0 aliphatic carbocycles. The smallest absolute Gasteiger partial charge is 0.320 e. The maximum atomic E-state index is 11.2. The first-order valence-electron chi connectivity index (χ1n) is 9.11. The first-order valence-corrected chi connectivity index (χ1v) is 9.11. The van der Waals surface area contributed by atoms with Crippen molar-refractivity contribution in [1.82, 2.24) is 16.1 Å². The Morgan fingerprint density at radius 2 is 1.69 bits per heavy atom. The van der Waals surface area contributed by atoms with Gasteiger partial charge in [-0.25, -0.2) is 0 Å². The molecule has 156 valence electrons. The van der Waals surface area contributed by atoms with Crippen molar-refractivity contribution in [3.8, 4) is 0 Å². The van der Waals surface area contributed by atoms with Crippen LogP contribution in [0.25, 0.3) is 0 Å². The number of hydrogen-bond donors (Lipinski definition) is 8. The Kier molecular flexibility index (Phi) is 15.8. The lowest BCUT2D eigenvalue weighted by molar-refractivity contribution is -0.139. The summed E-state index contributed by atoms with van der Waals surface area (Å²) in [6.07, 6.45) is 2.40. The number of carboxylic acid groups (broad SMARTS) is 1. The van der Waals surface area contributed by atoms with Gasteiger partial charge in [0.2, 0.25) is 0 Å². The molecule has 0 bridgehead atoms. The Hall–Kier alpha value is -0.850. The minimum absolute atomic E-state index is 0.0918. The topological polar surface area (TPSA) is 169 Å². The van der Waals surface area contributed by atoms with E-state index >= 15 is 0 Å². The highest BCUT2D eigenvalue weighted by Crippen LogP contribution is 2.06. The Bertz CT molecular complexity index is 351. The Morgan fingerprint density at radius 1 is 1.04 bits per heavy atom. The summed E-state index contributed by atoms with van der Waals surface area (Å²) in [5.41, 5.74) is 2.50. The number of carboxylic acids is 1. The lowest BCUT2D eigenvalue weighted by Crippen LogP contribution is -2.44. The van der Waals surface area contributed by atoms with E-state index in [0.717, 1.165) is 12.8 Å². The molecule has 0 heterocycles. The number of hydrazine groups is 1. The van der Waals surface area contributed by atoms with Gasteiger partial charge in [0, 0.05) is 13.7 Å². The molecule has 0 aromatic heterocycles. The van der Waals surface area contributed by atoms with Gasteiger partial charge in [-0.15, -0.1) is 0 Å². The van der Waals surface area contributed by atoms with Crippen molar-refractivity contribution in [2.45, 2.75) is 69.5 Å². The maximum absolute atomic E-state index is 11.2. The zero-order chi connectivity index (χ0) is 19.8. The third-order valence-electron chi connectivity index (χ3n) is 4.12. The zero-order valence-electron chi connectivity index (χ0n) is 15.6. The minimum atomic E-state index is -0.962. The maximum Gasteiger partial charge on any atom is 0.320 e. The fourth-order valence-corrected chi connectivity index (χ4v) is 2.48. The molecule has 0 aliphatic rings. The van der Waals surface area contributed by atoms with E-state index in [1.165, 1.54) is 7.11 Å². The fourth-order valence-electron chi connectivity index (χ4n) is 2.48. The van der Waals surface area contributed by atoms with Crippen molar-refractivity contribution >= 4 is 5.97 Å². The number of unbranched alkanes of at least 4 members (excludes halogenated alkanes) is 2. The van der Waals surface area contributed by atoms with Gasteiger partial charge in [-0.2, -0.15) is 0 Å². The lowest BCUT2D eigenvalue weighted by atomic mass is 10.1. The van der Waals surface area contributed by atoms with Crippen LogP contribution in [-0.4, -0.2) is 77.8 Å². The molecule has 0 fully saturated rings. The number of ether oxygens (including phenoxy) is 1. The van der Waals surface area contributed by atoms with Crippen LogP contribution in [0.15, 0.2) is 0 Å². The number of aliphatic hydroxyl groups is 3. The number of rotatable bonds is 18. The molecule has 10 heteroatoms. The number of methoxy groups -OCH3 is 1. The summed E-state index contributed by atoms with van der Waals surface area (Å²) < 4.78 is 4.80. The SMILES string of the molecule is COC(O)[C@H](CCCCNC(O)CC[C@H](NCCCCO)C(=O)O)NN. The molecule has 4 atom stereocenters. The Morgan fingerprint density at radius 3 is 2.27 bits per heavy atom. The van der Waals surface area contributed by atoms with Crippen LogP contribution in [0.5, 0.6) is 0 Å². The van der Waals surface area contributed by atoms with Gasteiger partial charge in [-0.1, -0.05) is 6.42 Å². The molecule has 0 saturated heterocycles. The summed E-state index contributed by atoms with van der Waals surface area (Å²) in [7, 11) is 1.40. The third kappa shape index (κ3) is 12.5. The number of nitrogens with two attached hydrogens (primary N) is 1. The molecule has 0 rings (SSSR count). The summed E-state index contributed by atoms with van der Waals surface area (Å²) in [6.45, 7) is 1.18. The second-order valence-electron chi connectivity index (χ2n) is 6.22. The molecular formula is C16H36N4O6. The van der Waals surface area contributed by atoms with Crippen LogP contribution in [0.2, 0.25) is 0 Å². The van der Waals surface area contributed by atoms with Gasteiger partial charge in [0.05, 0.1) is 6.04 Å². The fraction of sp³-hybridized carbons (Fsp3) is 0.938. The standard InChI is InChI=1S/C16H36N4O6/c1-26-16(25)13(20-17)6-2-3-10-19-14(22)8-7-12(15(23)24)18-9-4-5-11-21/h12-14,16,18-22,25H,2-11,17H2,1H3,(H,23,24)/t12-,13-,14?,16?/m0/s1. The number of aliphatic hydroxyl groups excluding tert-OH is 3. The highest BCUT2D eigenvalue weighted by Gasteiger charge is 2.18. The van der Waals surface area contributed by atoms with Gasteiger partial charge in [0.1, 0.15) is 12.3 Å². The van der Waals surface area contributed by atoms with Crippen molar-refractivity contribution < 1.29 is 30.0 Å². The van der Waals surface area contributed by atoms with Crippen LogP contribution in [0.1, 0.15) is 44.9 Å². The van der Waals surface area contributed by atoms with Crippen molar-refractivity contribution in [3.05, 3.63) is 0 Å². The number of aliphatic carboxylic acids is 1. The molecule has 0 amide bonds. The second-order valence-corrected chi connectivity index (χ2v) is 6.22. The van der Waals surface area contributed by atoms with Crippen LogP contribution in [-0.2, 0) is 9.53 Å². The largest absolute Gasteiger partial charge is 0.480 e. The number of carbonyl (C=O) groups is 1. The summed E-state index contributed by atoms with van der Waals surface area (Å²) in [5.74, 6) is 4.40. The molecule has 0 aliphatic heterocycles. The van der Waals surface area contributed by atoms with E-state index in [0.29, 0.717) is 45.2 Å². The Labute approximate surface area is 155 Å². The van der Waals surface area contributed by atoms with Crippen molar-refractivity contribution in [1.29, 1.82) is 0 Å². The van der Waals surface area contributed by atoms with Crippen LogP contribution >= 0.6 is 0 Å². The Balaban J connectivity index is 3.85. The van der Waals surface area contributed by atoms with E-state index in [-0.39, 0.29) is 12.6 Å². The molecule has 0 spiro atoms. The van der Waals surface area contributed by atoms with Gasteiger partial charge >= 0.3 is 5.97 Å². The van der Waals surface area contributed by atoms with Gasteiger partial charge in [0.15, 0.2) is 6.29 Å². The zero-order valence-corrected chi connectivity index (χ0v) is 15.6. The van der Waals surface area contributed by atoms with Crippen molar-refractivity contribution in [2.75, 3.05) is 26.8 Å². The first-order chi connectivity index (χ1) is 12.5. The second kappa shape index (κ2) is 16.3. The monoisotopic (exact) mass is 380 g/mol. The predicted molar refractivity (Wildman–Crippen MR) is 97.0 cm³/mol. The van der Waals surface area contributed by atoms with Crippen LogP contribution in [0.4, 0.5) is 0 Å². The highest BCUT2D eigenvalue weighted by atomic mass is 16.6. The molecule has 2 unspecified atom stereocenters. The van der Waals surface area contributed by atoms with E-state index in [2.05, 4.69) is 16.1 Å². The predicted octanol–water partition coefficient (Wildman–Crippen LogP) is -1.54. The normalized spacial score (nSPS) is 16.2. The molecule has 9 N–H and O–H groups in total. The lowest BCUT2D eigenvalue weighted by Gasteiger charge is -2.21. The van der Waals surface area contributed by atoms with Gasteiger partial charge in [0.25, 0.3) is 0 Å². The molecule has 0 aromatic carbocycles. The van der Waals surface area contributed by atoms with Crippen molar-refractivity contribution in [2.24, 2.45) is 5.84 Å². The van der Waals surface area contributed by atoms with Gasteiger partial charge < -0.3 is 30.5 Å². The third-order valence-corrected chi connectivity index (χ3v) is 4.12. The van der Waals surface area contributed by atoms with Crippen molar-refractivity contribution in [3.63, 3.8) is 0 Å². The quantitative estimate of drug-likeness (QED) is 0.0603. The first kappa shape index (κ1) is 25.1. The molecule has 26 heavy (non-hydrogen) atoms. The van der Waals surface area contributed by atoms with Crippen LogP contribution < -0.4 is 21.9 Å². The highest BCUT2D eigenvalue weighted by molar-refractivity contribution is 5.73. The van der Waals surface area contributed by atoms with E-state index in [4.69, 9.17) is 20.8 Å². The van der Waals surface area contributed by atoms with Gasteiger partial charge in [-0.3, -0.25) is 21.4 Å². The van der Waals surface area contributed by atoms with E-state index in [9.17, 15) is 15.0 Å². The number of nitrogens with one attached hydrogen (secondary N) is 3. The number of hydrogen-bond acceptors (Lipinski definition) is 9. The summed E-state index contributed by atoms with van der Waals surface area (Å²) in [6, 6.07) is -1.06. The average Bonchev–Trinajstić information content (AvgIpc) is 2.63. The minimum Gasteiger partial charge on any atom is -0.480 e. The molecule has 10 nitrogen and oxygen atoms in total. The molecule has 0 aromatic rings. The van der Waals surface area contributed by atoms with E-state index in [1.807, 2.05) is 0 Å².